The summed E-state index contributed by atoms with van der Waals surface area (Å²) in [6.07, 6.45) is 10.0. The molecule has 2 aliphatic rings. The van der Waals surface area contributed by atoms with Gasteiger partial charge in [-0.15, -0.1) is 0 Å². The van der Waals surface area contributed by atoms with Crippen LogP contribution in [0.25, 0.3) is 0 Å². The van der Waals surface area contributed by atoms with Crippen molar-refractivity contribution in [1.82, 2.24) is 0 Å². The first-order chi connectivity index (χ1) is 7.13. The minimum atomic E-state index is 0.469. The van der Waals surface area contributed by atoms with Crippen LogP contribution in [0.1, 0.15) is 52.4 Å². The molecule has 0 aromatic heterocycles. The normalized spacial score (nSPS) is 31.0. The molecule has 0 spiro atoms. The molecule has 0 N–H and O–H groups in total. The summed E-state index contributed by atoms with van der Waals surface area (Å²) in [7, 11) is 0. The summed E-state index contributed by atoms with van der Waals surface area (Å²) in [5.41, 5.74) is 1.56. The predicted octanol–water partition coefficient (Wildman–Crippen LogP) is 4.06. The molecule has 0 aromatic carbocycles. The fourth-order valence-electron chi connectivity index (χ4n) is 2.69. The molecule has 1 unspecified atom stereocenters. The van der Waals surface area contributed by atoms with E-state index in [1.807, 2.05) is 0 Å². The maximum Gasteiger partial charge on any atom is 0.0946 e. The standard InChI is InChI=1S/C14H21N/c1-14(2)9-13(14)8-12(10-15)11-6-4-3-5-7-11/h8,11,13H,3-7,9H2,1-2H3/b12-8-. The highest BCUT2D eigenvalue weighted by atomic mass is 14.5. The molecule has 2 rings (SSSR count). The van der Waals surface area contributed by atoms with Gasteiger partial charge in [-0.3, -0.25) is 0 Å². The first kappa shape index (κ1) is 10.7. The summed E-state index contributed by atoms with van der Waals surface area (Å²) < 4.78 is 0. The highest BCUT2D eigenvalue weighted by Gasteiger charge is 2.44. The fourth-order valence-corrected chi connectivity index (χ4v) is 2.69. The Morgan fingerprint density at radius 3 is 2.33 bits per heavy atom. The van der Waals surface area contributed by atoms with E-state index in [0.717, 1.165) is 5.57 Å². The van der Waals surface area contributed by atoms with E-state index in [0.29, 0.717) is 17.3 Å². The van der Waals surface area contributed by atoms with Gasteiger partial charge in [0.15, 0.2) is 0 Å². The lowest BCUT2D eigenvalue weighted by Gasteiger charge is -2.20. The Balaban J connectivity index is 2.01. The SMILES string of the molecule is CC1(C)CC1/C=C(/C#N)C1CCCCC1. The van der Waals surface area contributed by atoms with Crippen LogP contribution < -0.4 is 0 Å². The number of rotatable bonds is 2. The molecule has 2 saturated carbocycles. The average molecular weight is 203 g/mol. The van der Waals surface area contributed by atoms with E-state index in [1.54, 1.807) is 0 Å². The van der Waals surface area contributed by atoms with E-state index in [2.05, 4.69) is 26.0 Å². The van der Waals surface area contributed by atoms with Crippen LogP contribution in [0, 0.1) is 28.6 Å². The molecule has 0 bridgehead atoms. The van der Waals surface area contributed by atoms with Gasteiger partial charge in [-0.05, 0) is 36.5 Å². The summed E-state index contributed by atoms with van der Waals surface area (Å²) in [5, 5.41) is 9.21. The van der Waals surface area contributed by atoms with Crippen LogP contribution in [-0.4, -0.2) is 0 Å². The topological polar surface area (TPSA) is 23.8 Å². The predicted molar refractivity (Wildman–Crippen MR) is 62.2 cm³/mol. The Kier molecular flexibility index (Phi) is 2.87. The molecule has 0 aliphatic heterocycles. The van der Waals surface area contributed by atoms with Crippen molar-refractivity contribution in [1.29, 1.82) is 5.26 Å². The molecule has 0 aromatic rings. The molecule has 0 heterocycles. The first-order valence-electron chi connectivity index (χ1n) is 6.25. The Labute approximate surface area is 93.2 Å². The van der Waals surface area contributed by atoms with Crippen LogP contribution in [0.5, 0.6) is 0 Å². The molecular formula is C14H21N. The van der Waals surface area contributed by atoms with Crippen molar-refractivity contribution in [3.05, 3.63) is 11.6 Å². The molecule has 1 atom stereocenters. The smallest absolute Gasteiger partial charge is 0.0946 e. The summed E-state index contributed by atoms with van der Waals surface area (Å²) in [4.78, 5) is 0. The summed E-state index contributed by atoms with van der Waals surface area (Å²) in [6.45, 7) is 4.59. The quantitative estimate of drug-likeness (QED) is 0.621. The van der Waals surface area contributed by atoms with Crippen molar-refractivity contribution in [3.63, 3.8) is 0 Å². The Hall–Kier alpha value is -0.770. The van der Waals surface area contributed by atoms with E-state index < -0.39 is 0 Å². The second kappa shape index (κ2) is 4.00. The van der Waals surface area contributed by atoms with Gasteiger partial charge in [0, 0.05) is 5.57 Å². The van der Waals surface area contributed by atoms with Crippen LogP contribution in [0.4, 0.5) is 0 Å². The molecule has 1 heteroatoms. The van der Waals surface area contributed by atoms with E-state index in [1.165, 1.54) is 38.5 Å². The zero-order valence-electron chi connectivity index (χ0n) is 9.92. The Morgan fingerprint density at radius 1 is 1.27 bits per heavy atom. The van der Waals surface area contributed by atoms with Crippen LogP contribution >= 0.6 is 0 Å². The van der Waals surface area contributed by atoms with Gasteiger partial charge >= 0.3 is 0 Å². The van der Waals surface area contributed by atoms with Crippen molar-refractivity contribution in [2.45, 2.75) is 52.4 Å². The molecule has 82 valence electrons. The van der Waals surface area contributed by atoms with Gasteiger partial charge in [-0.2, -0.15) is 5.26 Å². The van der Waals surface area contributed by atoms with Gasteiger partial charge in [-0.25, -0.2) is 0 Å². The maximum atomic E-state index is 9.21. The highest BCUT2D eigenvalue weighted by Crippen LogP contribution is 2.53. The number of nitriles is 1. The van der Waals surface area contributed by atoms with Gasteiger partial charge < -0.3 is 0 Å². The minimum absolute atomic E-state index is 0.469. The van der Waals surface area contributed by atoms with Gasteiger partial charge in [0.1, 0.15) is 0 Å². The minimum Gasteiger partial charge on any atom is -0.193 e. The third kappa shape index (κ3) is 2.43. The zero-order valence-corrected chi connectivity index (χ0v) is 9.92. The molecular weight excluding hydrogens is 182 g/mol. The number of hydrogen-bond acceptors (Lipinski definition) is 1. The van der Waals surface area contributed by atoms with Crippen molar-refractivity contribution in [3.8, 4) is 6.07 Å². The molecule has 2 aliphatic carbocycles. The second-order valence-electron chi connectivity index (χ2n) is 5.87. The summed E-state index contributed by atoms with van der Waals surface area (Å²) >= 11 is 0. The van der Waals surface area contributed by atoms with Crippen LogP contribution in [0.15, 0.2) is 11.6 Å². The van der Waals surface area contributed by atoms with Crippen molar-refractivity contribution in [2.24, 2.45) is 17.3 Å². The number of nitrogens with zero attached hydrogens (tertiary/aromatic N) is 1. The lowest BCUT2D eigenvalue weighted by atomic mass is 9.83. The summed E-state index contributed by atoms with van der Waals surface area (Å²) in [6, 6.07) is 2.44. The monoisotopic (exact) mass is 203 g/mol. The van der Waals surface area contributed by atoms with Crippen LogP contribution in [0.3, 0.4) is 0 Å². The zero-order chi connectivity index (χ0) is 10.9. The lowest BCUT2D eigenvalue weighted by Crippen LogP contribution is -2.08. The molecule has 0 radical (unpaired) electrons. The fraction of sp³-hybridized carbons (Fsp3) is 0.786. The van der Waals surface area contributed by atoms with E-state index in [9.17, 15) is 5.26 Å². The molecule has 1 nitrogen and oxygen atoms in total. The third-order valence-corrected chi connectivity index (χ3v) is 4.14. The summed E-state index contributed by atoms with van der Waals surface area (Å²) in [5.74, 6) is 1.26. The molecule has 2 fully saturated rings. The van der Waals surface area contributed by atoms with Gasteiger partial charge in [0.05, 0.1) is 6.07 Å². The van der Waals surface area contributed by atoms with Crippen LogP contribution in [-0.2, 0) is 0 Å². The van der Waals surface area contributed by atoms with Crippen molar-refractivity contribution in [2.75, 3.05) is 0 Å². The molecule has 0 saturated heterocycles. The van der Waals surface area contributed by atoms with Gasteiger partial charge in [0.25, 0.3) is 0 Å². The average Bonchev–Trinajstić information content (AvgIpc) is 2.84. The van der Waals surface area contributed by atoms with Gasteiger partial charge in [0.2, 0.25) is 0 Å². The largest absolute Gasteiger partial charge is 0.193 e. The van der Waals surface area contributed by atoms with E-state index in [4.69, 9.17) is 0 Å². The molecule has 15 heavy (non-hydrogen) atoms. The third-order valence-electron chi connectivity index (χ3n) is 4.14. The highest BCUT2D eigenvalue weighted by molar-refractivity contribution is 5.28. The second-order valence-corrected chi connectivity index (χ2v) is 5.87. The number of allylic oxidation sites excluding steroid dienone is 2. The van der Waals surface area contributed by atoms with Crippen molar-refractivity contribution >= 4 is 0 Å². The van der Waals surface area contributed by atoms with Gasteiger partial charge in [-0.1, -0.05) is 39.2 Å². The lowest BCUT2D eigenvalue weighted by molar-refractivity contribution is 0.408. The van der Waals surface area contributed by atoms with E-state index >= 15 is 0 Å². The van der Waals surface area contributed by atoms with Crippen LogP contribution in [0.2, 0.25) is 0 Å². The van der Waals surface area contributed by atoms with E-state index in [-0.39, 0.29) is 0 Å². The number of hydrogen-bond donors (Lipinski definition) is 0. The Morgan fingerprint density at radius 2 is 1.87 bits per heavy atom. The Bertz CT molecular complexity index is 300. The maximum absolute atomic E-state index is 9.21. The van der Waals surface area contributed by atoms with Crippen molar-refractivity contribution < 1.29 is 0 Å². The first-order valence-corrected chi connectivity index (χ1v) is 6.25. The molecule has 0 amide bonds.